The molecule has 1 aromatic heterocycles. The smallest absolute Gasteiger partial charge is 0.340 e. The first-order chi connectivity index (χ1) is 13.5. The lowest BCUT2D eigenvalue weighted by molar-refractivity contribution is -0.147. The molecule has 3 rings (SSSR count). The first-order valence-electron chi connectivity index (χ1n) is 8.92. The summed E-state index contributed by atoms with van der Waals surface area (Å²) in [6, 6.07) is 20.7. The monoisotopic (exact) mass is 391 g/mol. The molecule has 0 fully saturated rings. The molecule has 0 saturated heterocycles. The second-order valence-electron chi connectivity index (χ2n) is 6.35. The molecule has 2 aromatic carbocycles. The summed E-state index contributed by atoms with van der Waals surface area (Å²) in [6.45, 7) is 3.56. The molecule has 1 amide bonds. The Hall–Kier alpha value is -3.18. The Morgan fingerprint density at radius 3 is 2.50 bits per heavy atom. The van der Waals surface area contributed by atoms with Gasteiger partial charge < -0.3 is 10.1 Å². The predicted octanol–water partition coefficient (Wildman–Crippen LogP) is 5.17. The highest BCUT2D eigenvalue weighted by atomic mass is 32.1. The maximum absolute atomic E-state index is 12.8. The number of hydrogen-bond donors (Lipinski definition) is 1. The van der Waals surface area contributed by atoms with Gasteiger partial charge in [0.15, 0.2) is 6.10 Å². The largest absolute Gasteiger partial charge is 0.449 e. The molecule has 0 unspecified atom stereocenters. The molecule has 0 aliphatic heterocycles. The predicted molar refractivity (Wildman–Crippen MR) is 114 cm³/mol. The third-order valence-electron chi connectivity index (χ3n) is 4.05. The molecule has 4 nitrogen and oxygen atoms in total. The number of carbonyl (C=O) groups excluding carboxylic acids is 2. The summed E-state index contributed by atoms with van der Waals surface area (Å²) in [7, 11) is 0. The van der Waals surface area contributed by atoms with Crippen molar-refractivity contribution in [2.75, 3.05) is 5.32 Å². The number of ether oxygens (including phenoxy) is 1. The van der Waals surface area contributed by atoms with E-state index in [9.17, 15) is 9.59 Å². The van der Waals surface area contributed by atoms with Crippen LogP contribution in [0.4, 0.5) is 5.69 Å². The third-order valence-corrected chi connectivity index (χ3v) is 4.96. The van der Waals surface area contributed by atoms with Gasteiger partial charge in [0.1, 0.15) is 0 Å². The fraction of sp³-hybridized carbons (Fsp3) is 0.130. The third kappa shape index (κ3) is 5.18. The van der Waals surface area contributed by atoms with Gasteiger partial charge in [0, 0.05) is 10.6 Å². The molecule has 142 valence electrons. The quantitative estimate of drug-likeness (QED) is 0.466. The number of benzene rings is 2. The molecule has 1 atom stereocenters. The fourth-order valence-electron chi connectivity index (χ4n) is 2.63. The summed E-state index contributed by atoms with van der Waals surface area (Å²) < 4.78 is 5.46. The number of aryl methyl sites for hydroxylation is 1. The lowest BCUT2D eigenvalue weighted by Gasteiger charge is -2.14. The molecule has 1 N–H and O–H groups in total. The Kier molecular flexibility index (Phi) is 6.40. The van der Waals surface area contributed by atoms with E-state index in [0.29, 0.717) is 11.3 Å². The van der Waals surface area contributed by atoms with Gasteiger partial charge in [-0.2, -0.15) is 0 Å². The second-order valence-corrected chi connectivity index (χ2v) is 7.30. The van der Waals surface area contributed by atoms with Crippen LogP contribution in [0.1, 0.15) is 22.9 Å². The zero-order valence-corrected chi connectivity index (χ0v) is 16.5. The van der Waals surface area contributed by atoms with Gasteiger partial charge in [0.25, 0.3) is 5.91 Å². The van der Waals surface area contributed by atoms with Crippen LogP contribution in [0, 0.1) is 6.92 Å². The van der Waals surface area contributed by atoms with Crippen LogP contribution in [0.3, 0.4) is 0 Å². The number of thiophene rings is 1. The summed E-state index contributed by atoms with van der Waals surface area (Å²) >= 11 is 1.45. The summed E-state index contributed by atoms with van der Waals surface area (Å²) in [6.07, 6.45) is 0.872. The van der Waals surface area contributed by atoms with Gasteiger partial charge in [0.05, 0.1) is 5.57 Å². The van der Waals surface area contributed by atoms with E-state index in [4.69, 9.17) is 4.74 Å². The molecule has 0 aliphatic carbocycles. The molecular weight excluding hydrogens is 370 g/mol. The first-order valence-corrected chi connectivity index (χ1v) is 9.80. The lowest BCUT2D eigenvalue weighted by atomic mass is 10.1. The highest BCUT2D eigenvalue weighted by Gasteiger charge is 2.22. The van der Waals surface area contributed by atoms with Crippen LogP contribution in [-0.4, -0.2) is 18.0 Å². The molecule has 28 heavy (non-hydrogen) atoms. The van der Waals surface area contributed by atoms with Crippen LogP contribution >= 0.6 is 11.3 Å². The second kappa shape index (κ2) is 9.15. The van der Waals surface area contributed by atoms with Crippen LogP contribution in [-0.2, 0) is 14.3 Å². The number of amides is 1. The van der Waals surface area contributed by atoms with Gasteiger partial charge in [-0.25, -0.2) is 4.79 Å². The van der Waals surface area contributed by atoms with E-state index in [0.717, 1.165) is 16.0 Å². The molecule has 1 heterocycles. The van der Waals surface area contributed by atoms with Crippen LogP contribution in [0.25, 0.3) is 11.6 Å². The normalized spacial score (nSPS) is 12.3. The molecular formula is C23H21NO3S. The Balaban J connectivity index is 1.77. The zero-order chi connectivity index (χ0) is 19.9. The molecule has 0 spiro atoms. The van der Waals surface area contributed by atoms with Gasteiger partial charge in [-0.05, 0) is 49.1 Å². The van der Waals surface area contributed by atoms with Gasteiger partial charge >= 0.3 is 5.97 Å². The Morgan fingerprint density at radius 2 is 1.82 bits per heavy atom. The number of nitrogens with one attached hydrogen (secondary N) is 1. The van der Waals surface area contributed by atoms with E-state index in [1.165, 1.54) is 11.3 Å². The number of rotatable bonds is 6. The lowest BCUT2D eigenvalue weighted by Crippen LogP contribution is -2.30. The number of hydrogen-bond acceptors (Lipinski definition) is 4. The minimum absolute atomic E-state index is 0.374. The molecule has 3 aromatic rings. The van der Waals surface area contributed by atoms with E-state index in [-0.39, 0.29) is 5.91 Å². The number of esters is 1. The van der Waals surface area contributed by atoms with Gasteiger partial charge in [0.2, 0.25) is 0 Å². The van der Waals surface area contributed by atoms with Gasteiger partial charge in [-0.3, -0.25) is 4.79 Å². The van der Waals surface area contributed by atoms with Crippen molar-refractivity contribution in [2.45, 2.75) is 20.0 Å². The Labute approximate surface area is 168 Å². The topological polar surface area (TPSA) is 55.4 Å². The summed E-state index contributed by atoms with van der Waals surface area (Å²) in [5, 5.41) is 4.65. The van der Waals surface area contributed by atoms with Crippen LogP contribution in [0.15, 0.2) is 72.1 Å². The van der Waals surface area contributed by atoms with Crippen molar-refractivity contribution in [1.82, 2.24) is 0 Å². The van der Waals surface area contributed by atoms with Crippen molar-refractivity contribution >= 4 is 40.5 Å². The van der Waals surface area contributed by atoms with E-state index >= 15 is 0 Å². The highest BCUT2D eigenvalue weighted by Crippen LogP contribution is 2.25. The molecule has 0 aliphatic rings. The summed E-state index contributed by atoms with van der Waals surface area (Å²) in [5.74, 6) is -0.902. The van der Waals surface area contributed by atoms with Gasteiger partial charge in [-0.1, -0.05) is 54.1 Å². The summed E-state index contributed by atoms with van der Waals surface area (Å²) in [5.41, 5.74) is 3.09. The highest BCUT2D eigenvalue weighted by molar-refractivity contribution is 7.11. The van der Waals surface area contributed by atoms with Crippen molar-refractivity contribution in [3.8, 4) is 0 Å². The van der Waals surface area contributed by atoms with Crippen LogP contribution in [0.2, 0.25) is 0 Å². The standard InChI is InChI=1S/C23H21NO3S/c1-16-8-6-9-18(14-16)15-20(21-12-7-13-28-21)23(26)27-17(2)22(25)24-19-10-4-3-5-11-19/h3-15,17H,1-2H3,(H,24,25)/b20-15+/t17-/m1/s1. The first kappa shape index (κ1) is 19.6. The average Bonchev–Trinajstić information content (AvgIpc) is 3.21. The Morgan fingerprint density at radius 1 is 1.04 bits per heavy atom. The van der Waals surface area contributed by atoms with Crippen molar-refractivity contribution in [3.63, 3.8) is 0 Å². The van der Waals surface area contributed by atoms with Crippen LogP contribution < -0.4 is 5.32 Å². The van der Waals surface area contributed by atoms with E-state index in [1.54, 1.807) is 25.1 Å². The summed E-state index contributed by atoms with van der Waals surface area (Å²) in [4.78, 5) is 26.0. The fourth-order valence-corrected chi connectivity index (χ4v) is 3.36. The number of carbonyl (C=O) groups is 2. The van der Waals surface area contributed by atoms with Crippen molar-refractivity contribution < 1.29 is 14.3 Å². The van der Waals surface area contributed by atoms with E-state index < -0.39 is 12.1 Å². The number of para-hydroxylation sites is 1. The van der Waals surface area contributed by atoms with Crippen molar-refractivity contribution in [1.29, 1.82) is 0 Å². The van der Waals surface area contributed by atoms with Crippen molar-refractivity contribution in [3.05, 3.63) is 88.1 Å². The molecule has 0 radical (unpaired) electrons. The van der Waals surface area contributed by atoms with Gasteiger partial charge in [-0.15, -0.1) is 11.3 Å². The Bertz CT molecular complexity index is 978. The number of anilines is 1. The van der Waals surface area contributed by atoms with Crippen molar-refractivity contribution in [2.24, 2.45) is 0 Å². The molecule has 0 saturated carbocycles. The maximum atomic E-state index is 12.8. The van der Waals surface area contributed by atoms with Crippen LogP contribution in [0.5, 0.6) is 0 Å². The maximum Gasteiger partial charge on any atom is 0.340 e. The SMILES string of the molecule is Cc1cccc(/C=C(/C(=O)O[C@H](C)C(=O)Nc2ccccc2)c2cccs2)c1. The zero-order valence-electron chi connectivity index (χ0n) is 15.7. The van der Waals surface area contributed by atoms with E-state index in [1.807, 2.05) is 66.9 Å². The van der Waals surface area contributed by atoms with E-state index in [2.05, 4.69) is 5.32 Å². The minimum Gasteiger partial charge on any atom is -0.449 e. The average molecular weight is 391 g/mol. The molecule has 0 bridgehead atoms. The molecule has 5 heteroatoms. The minimum atomic E-state index is -0.923.